The maximum atomic E-state index is 13.0. The van der Waals surface area contributed by atoms with Crippen LogP contribution in [-0.2, 0) is 9.59 Å². The normalized spacial score (nSPS) is 31.0. The Hall–Kier alpha value is -2.08. The van der Waals surface area contributed by atoms with E-state index in [4.69, 9.17) is 4.74 Å². The molecule has 0 unspecified atom stereocenters. The van der Waals surface area contributed by atoms with Gasteiger partial charge in [-0.25, -0.2) is 0 Å². The molecule has 4 saturated heterocycles. The third kappa shape index (κ3) is 3.39. The molecule has 4 heterocycles. The predicted octanol–water partition coefficient (Wildman–Crippen LogP) is 1.86. The number of benzene rings is 1. The van der Waals surface area contributed by atoms with Crippen molar-refractivity contribution >= 4 is 11.8 Å². The van der Waals surface area contributed by atoms with Gasteiger partial charge in [0.25, 0.3) is 0 Å². The van der Waals surface area contributed by atoms with Crippen LogP contribution < -0.4 is 10.1 Å². The van der Waals surface area contributed by atoms with Gasteiger partial charge in [-0.3, -0.25) is 14.5 Å². The summed E-state index contributed by atoms with van der Waals surface area (Å²) in [5.41, 5.74) is 1.22. The fraction of sp³-hybridized carbons (Fsp3) is 0.636. The Balaban J connectivity index is 1.59. The maximum Gasteiger partial charge on any atom is 0.312 e. The molecule has 4 fully saturated rings. The molecule has 6 heteroatoms. The van der Waals surface area contributed by atoms with E-state index in [1.54, 1.807) is 7.11 Å². The van der Waals surface area contributed by atoms with Crippen LogP contribution in [-0.4, -0.2) is 67.0 Å². The van der Waals surface area contributed by atoms with E-state index in [9.17, 15) is 9.59 Å². The zero-order valence-corrected chi connectivity index (χ0v) is 17.1. The predicted molar refractivity (Wildman–Crippen MR) is 107 cm³/mol. The highest BCUT2D eigenvalue weighted by Crippen LogP contribution is 2.46. The smallest absolute Gasteiger partial charge is 0.312 e. The number of likely N-dealkylation sites (tertiary alicyclic amines) is 1. The highest BCUT2D eigenvalue weighted by Gasteiger charge is 2.55. The van der Waals surface area contributed by atoms with Crippen molar-refractivity contribution < 1.29 is 14.3 Å². The van der Waals surface area contributed by atoms with Gasteiger partial charge < -0.3 is 15.0 Å². The van der Waals surface area contributed by atoms with Gasteiger partial charge in [-0.05, 0) is 55.5 Å². The lowest BCUT2D eigenvalue weighted by atomic mass is 9.75. The molecule has 0 aliphatic carbocycles. The van der Waals surface area contributed by atoms with Crippen molar-refractivity contribution in [2.45, 2.75) is 44.7 Å². The van der Waals surface area contributed by atoms with Crippen LogP contribution in [0.25, 0.3) is 0 Å². The Labute approximate surface area is 167 Å². The fourth-order valence-electron chi connectivity index (χ4n) is 5.30. The van der Waals surface area contributed by atoms with Gasteiger partial charge >= 0.3 is 11.8 Å². The average Bonchev–Trinajstić information content (AvgIpc) is 3.15. The van der Waals surface area contributed by atoms with E-state index in [2.05, 4.69) is 22.3 Å². The van der Waals surface area contributed by atoms with E-state index in [0.29, 0.717) is 31.0 Å². The van der Waals surface area contributed by atoms with Gasteiger partial charge in [0.15, 0.2) is 0 Å². The molecule has 1 aromatic rings. The fourth-order valence-corrected chi connectivity index (χ4v) is 5.30. The number of fused-ring (bicyclic) bond motifs is 2. The van der Waals surface area contributed by atoms with Crippen molar-refractivity contribution in [1.82, 2.24) is 15.1 Å². The third-order valence-corrected chi connectivity index (χ3v) is 6.66. The maximum absolute atomic E-state index is 13.0. The van der Waals surface area contributed by atoms with Crippen molar-refractivity contribution in [3.63, 3.8) is 0 Å². The van der Waals surface area contributed by atoms with Crippen LogP contribution in [0.15, 0.2) is 24.3 Å². The monoisotopic (exact) mass is 385 g/mol. The Bertz CT molecular complexity index is 725. The molecule has 6 nitrogen and oxygen atoms in total. The molecule has 152 valence electrons. The summed E-state index contributed by atoms with van der Waals surface area (Å²) in [7, 11) is 1.67. The largest absolute Gasteiger partial charge is 0.497 e. The van der Waals surface area contributed by atoms with Gasteiger partial charge in [-0.15, -0.1) is 0 Å². The van der Waals surface area contributed by atoms with E-state index in [-0.39, 0.29) is 17.9 Å². The van der Waals surface area contributed by atoms with Crippen LogP contribution in [0.5, 0.6) is 5.75 Å². The number of methoxy groups -OCH3 is 1. The van der Waals surface area contributed by atoms with Gasteiger partial charge in [-0.2, -0.15) is 0 Å². The first kappa shape index (κ1) is 19.2. The number of nitrogens with one attached hydrogen (secondary N) is 1. The molecular weight excluding hydrogens is 354 g/mol. The molecule has 1 aromatic carbocycles. The van der Waals surface area contributed by atoms with Crippen molar-refractivity contribution in [3.8, 4) is 5.75 Å². The van der Waals surface area contributed by atoms with Crippen molar-refractivity contribution in [3.05, 3.63) is 29.8 Å². The van der Waals surface area contributed by atoms with Crippen LogP contribution in [0.1, 0.15) is 38.2 Å². The molecular formula is C22H31N3O3. The minimum absolute atomic E-state index is 0.145. The number of amides is 2. The van der Waals surface area contributed by atoms with Gasteiger partial charge in [0.05, 0.1) is 13.2 Å². The quantitative estimate of drug-likeness (QED) is 0.804. The highest BCUT2D eigenvalue weighted by molar-refractivity contribution is 6.35. The van der Waals surface area contributed by atoms with Crippen LogP contribution in [0.4, 0.5) is 0 Å². The number of rotatable bonds is 4. The Morgan fingerprint density at radius 1 is 1.14 bits per heavy atom. The minimum atomic E-state index is -0.459. The Morgan fingerprint density at radius 3 is 2.43 bits per heavy atom. The highest BCUT2D eigenvalue weighted by atomic mass is 16.5. The van der Waals surface area contributed by atoms with Crippen molar-refractivity contribution in [1.29, 1.82) is 0 Å². The number of hydrogen-bond donors (Lipinski definition) is 1. The summed E-state index contributed by atoms with van der Waals surface area (Å²) in [6, 6.07) is 8.64. The second-order valence-electron chi connectivity index (χ2n) is 8.80. The standard InChI is InChI=1S/C22H31N3O3/c1-14(2)12-23-21(26)22(27)25-13-18(15-4-6-17(28-3)7-5-15)20-19(25)16-8-10-24(20)11-9-16/h4-7,14,16,18-20H,8-13H2,1-3H3,(H,23,26)/t18-,19+,20+/m1/s1. The van der Waals surface area contributed by atoms with Gasteiger partial charge in [0, 0.05) is 25.0 Å². The van der Waals surface area contributed by atoms with Gasteiger partial charge in [-0.1, -0.05) is 26.0 Å². The third-order valence-electron chi connectivity index (χ3n) is 6.66. The molecule has 4 aliphatic rings. The van der Waals surface area contributed by atoms with E-state index in [0.717, 1.165) is 31.7 Å². The summed E-state index contributed by atoms with van der Waals surface area (Å²) in [6.45, 7) is 7.40. The summed E-state index contributed by atoms with van der Waals surface area (Å²) < 4.78 is 5.30. The number of hydrogen-bond acceptors (Lipinski definition) is 4. The number of piperidine rings is 3. The SMILES string of the molecule is COc1ccc([C@H]2CN(C(=O)C(=O)NCC(C)C)[C@H]3C4CCN(CC4)[C@@H]23)cc1. The Morgan fingerprint density at radius 2 is 1.82 bits per heavy atom. The second-order valence-corrected chi connectivity index (χ2v) is 8.80. The van der Waals surface area contributed by atoms with Crippen LogP contribution in [0.3, 0.4) is 0 Å². The van der Waals surface area contributed by atoms with Crippen LogP contribution in [0.2, 0.25) is 0 Å². The van der Waals surface area contributed by atoms with Crippen molar-refractivity contribution in [2.75, 3.05) is 33.3 Å². The van der Waals surface area contributed by atoms with E-state index >= 15 is 0 Å². The number of carbonyl (C=O) groups excluding carboxylic acids is 2. The lowest BCUT2D eigenvalue weighted by molar-refractivity contribution is -0.149. The topological polar surface area (TPSA) is 61.9 Å². The molecule has 0 radical (unpaired) electrons. The lowest BCUT2D eigenvalue weighted by Crippen LogP contribution is -2.61. The molecule has 0 saturated carbocycles. The Kier molecular flexibility index (Phi) is 5.32. The molecule has 2 bridgehead atoms. The molecule has 5 rings (SSSR count). The second kappa shape index (κ2) is 7.74. The molecule has 0 spiro atoms. The first-order valence-corrected chi connectivity index (χ1v) is 10.5. The molecule has 28 heavy (non-hydrogen) atoms. The summed E-state index contributed by atoms with van der Waals surface area (Å²) in [4.78, 5) is 30.0. The lowest BCUT2D eigenvalue weighted by Gasteiger charge is -2.51. The van der Waals surface area contributed by atoms with Crippen molar-refractivity contribution in [2.24, 2.45) is 11.8 Å². The summed E-state index contributed by atoms with van der Waals surface area (Å²) in [6.07, 6.45) is 2.24. The van der Waals surface area contributed by atoms with Crippen LogP contribution >= 0.6 is 0 Å². The average molecular weight is 386 g/mol. The number of nitrogens with zero attached hydrogens (tertiary/aromatic N) is 2. The zero-order chi connectivity index (χ0) is 19.8. The number of carbonyl (C=O) groups is 2. The molecule has 0 aromatic heterocycles. The number of ether oxygens (including phenoxy) is 1. The summed E-state index contributed by atoms with van der Waals surface area (Å²) in [5, 5.41) is 2.81. The van der Waals surface area contributed by atoms with E-state index in [1.165, 1.54) is 5.56 Å². The van der Waals surface area contributed by atoms with Crippen LogP contribution in [0, 0.1) is 11.8 Å². The zero-order valence-electron chi connectivity index (χ0n) is 17.1. The molecule has 4 aliphatic heterocycles. The molecule has 1 N–H and O–H groups in total. The summed E-state index contributed by atoms with van der Waals surface area (Å²) in [5.74, 6) is 1.08. The first-order chi connectivity index (χ1) is 13.5. The van der Waals surface area contributed by atoms with E-state index < -0.39 is 5.91 Å². The molecule has 2 amide bonds. The van der Waals surface area contributed by atoms with E-state index in [1.807, 2.05) is 30.9 Å². The minimum Gasteiger partial charge on any atom is -0.497 e. The van der Waals surface area contributed by atoms with Gasteiger partial charge in [0.2, 0.25) is 0 Å². The first-order valence-electron chi connectivity index (χ1n) is 10.5. The van der Waals surface area contributed by atoms with Gasteiger partial charge in [0.1, 0.15) is 5.75 Å². The summed E-state index contributed by atoms with van der Waals surface area (Å²) >= 11 is 0. The molecule has 3 atom stereocenters.